The van der Waals surface area contributed by atoms with Crippen molar-refractivity contribution in [3.63, 3.8) is 0 Å². The largest absolute Gasteiger partial charge is 0.490 e. The van der Waals surface area contributed by atoms with Crippen LogP contribution < -0.4 is 4.74 Å². The molecule has 17 heteroatoms. The molecule has 1 fully saturated rings. The van der Waals surface area contributed by atoms with Crippen molar-refractivity contribution in [3.05, 3.63) is 47.2 Å². The number of likely N-dealkylation sites (N-methyl/N-ethyl adjacent to an activating group) is 1. The summed E-state index contributed by atoms with van der Waals surface area (Å²) in [5.74, 6) is -3.99. The number of alkyl halides is 6. The Labute approximate surface area is 248 Å². The smallest absolute Gasteiger partial charge is 0.481 e. The molecule has 0 aliphatic carbocycles. The van der Waals surface area contributed by atoms with Gasteiger partial charge in [0.05, 0.1) is 18.4 Å². The highest BCUT2D eigenvalue weighted by molar-refractivity contribution is 5.96. The number of carboxylic acids is 2. The van der Waals surface area contributed by atoms with Crippen LogP contribution in [0.3, 0.4) is 0 Å². The molecule has 0 atom stereocenters. The van der Waals surface area contributed by atoms with Gasteiger partial charge in [0.25, 0.3) is 5.91 Å². The van der Waals surface area contributed by atoms with E-state index < -0.39 is 24.3 Å². The van der Waals surface area contributed by atoms with Gasteiger partial charge in [0.1, 0.15) is 5.82 Å². The second kappa shape index (κ2) is 13.7. The fraction of sp³-hybridized carbons (Fsp3) is 0.556. The van der Waals surface area contributed by atoms with Crippen molar-refractivity contribution >= 4 is 17.8 Å². The van der Waals surface area contributed by atoms with Gasteiger partial charge in [0, 0.05) is 48.9 Å². The van der Waals surface area contributed by atoms with Crippen molar-refractivity contribution in [1.82, 2.24) is 24.8 Å². The molecule has 44 heavy (non-hydrogen) atoms. The molecule has 2 N–H and O–H groups in total. The number of aliphatic carboxylic acids is 2. The minimum Gasteiger partial charge on any atom is -0.481 e. The molecule has 0 unspecified atom stereocenters. The third-order valence-corrected chi connectivity index (χ3v) is 6.81. The zero-order valence-corrected chi connectivity index (χ0v) is 24.6. The lowest BCUT2D eigenvalue weighted by atomic mass is 9.71. The van der Waals surface area contributed by atoms with Crippen LogP contribution in [-0.4, -0.2) is 99.0 Å². The van der Waals surface area contributed by atoms with Gasteiger partial charge in [-0.05, 0) is 32.0 Å². The van der Waals surface area contributed by atoms with E-state index in [0.717, 1.165) is 49.6 Å². The van der Waals surface area contributed by atoms with Crippen molar-refractivity contribution in [2.75, 3.05) is 33.8 Å². The molecular formula is C27H33F6N5O6. The molecule has 4 rings (SSSR count). The van der Waals surface area contributed by atoms with Gasteiger partial charge in [-0.2, -0.15) is 26.3 Å². The number of halogens is 6. The molecule has 2 aliphatic heterocycles. The fourth-order valence-electron chi connectivity index (χ4n) is 4.61. The number of rotatable bonds is 3. The van der Waals surface area contributed by atoms with E-state index in [0.29, 0.717) is 18.0 Å². The van der Waals surface area contributed by atoms with Crippen LogP contribution in [0.1, 0.15) is 61.1 Å². The summed E-state index contributed by atoms with van der Waals surface area (Å²) in [4.78, 5) is 48.7. The van der Waals surface area contributed by atoms with Crippen molar-refractivity contribution < 1.29 is 55.7 Å². The molecule has 1 amide bonds. The number of likely N-dealkylation sites (tertiary alicyclic amines) is 1. The van der Waals surface area contributed by atoms with Gasteiger partial charge >= 0.3 is 24.3 Å². The number of carbonyl (C=O) groups excluding carboxylic acids is 1. The van der Waals surface area contributed by atoms with Gasteiger partial charge in [0.2, 0.25) is 5.88 Å². The van der Waals surface area contributed by atoms with Crippen LogP contribution in [0.25, 0.3) is 0 Å². The Bertz CT molecular complexity index is 1310. The number of carbonyl (C=O) groups is 3. The van der Waals surface area contributed by atoms with E-state index in [1.54, 1.807) is 19.5 Å². The summed E-state index contributed by atoms with van der Waals surface area (Å²) in [6.45, 7) is 9.74. The highest BCUT2D eigenvalue weighted by atomic mass is 19.4. The fourth-order valence-corrected chi connectivity index (χ4v) is 4.61. The lowest BCUT2D eigenvalue weighted by molar-refractivity contribution is -0.193. The SMILES string of the molecule is COc1ncccc1CN1CCC2(CC1)CN(C)C(=O)c1cnc(C(C)(C)C)nc12.O=C(O)C(F)(F)F.O=C(O)C(F)(F)F. The minimum absolute atomic E-state index is 0.0265. The number of nitrogens with zero attached hydrogens (tertiary/aromatic N) is 5. The van der Waals surface area contributed by atoms with E-state index in [4.69, 9.17) is 29.5 Å². The summed E-state index contributed by atoms with van der Waals surface area (Å²) >= 11 is 0. The molecule has 2 aliphatic rings. The van der Waals surface area contributed by atoms with Crippen LogP contribution in [0.5, 0.6) is 5.88 Å². The monoisotopic (exact) mass is 637 g/mol. The number of ether oxygens (including phenoxy) is 1. The molecule has 1 saturated heterocycles. The Morgan fingerprint density at radius 2 is 1.52 bits per heavy atom. The summed E-state index contributed by atoms with van der Waals surface area (Å²) in [6, 6.07) is 4.02. The van der Waals surface area contributed by atoms with Crippen LogP contribution in [-0.2, 0) is 27.0 Å². The lowest BCUT2D eigenvalue weighted by Gasteiger charge is -2.46. The van der Waals surface area contributed by atoms with E-state index in [-0.39, 0.29) is 16.7 Å². The molecule has 244 valence electrons. The van der Waals surface area contributed by atoms with Gasteiger partial charge in [-0.3, -0.25) is 9.69 Å². The molecule has 1 spiro atoms. The van der Waals surface area contributed by atoms with Crippen molar-refractivity contribution in [2.45, 2.75) is 63.3 Å². The minimum atomic E-state index is -5.08. The first-order valence-corrected chi connectivity index (χ1v) is 13.1. The number of fused-ring (bicyclic) bond motifs is 2. The summed E-state index contributed by atoms with van der Waals surface area (Å²) in [5, 5.41) is 14.2. The van der Waals surface area contributed by atoms with Gasteiger partial charge in [0.15, 0.2) is 0 Å². The first kappa shape index (κ1) is 36.2. The van der Waals surface area contributed by atoms with Crippen molar-refractivity contribution in [1.29, 1.82) is 0 Å². The Morgan fingerprint density at radius 3 is 1.98 bits per heavy atom. The number of hydrogen-bond acceptors (Lipinski definition) is 8. The molecule has 2 aromatic rings. The highest BCUT2D eigenvalue weighted by Gasteiger charge is 2.46. The van der Waals surface area contributed by atoms with Crippen molar-refractivity contribution in [2.24, 2.45) is 0 Å². The molecule has 2 aromatic heterocycles. The van der Waals surface area contributed by atoms with E-state index in [1.165, 1.54) is 0 Å². The van der Waals surface area contributed by atoms with E-state index in [2.05, 4.69) is 41.7 Å². The predicted octanol–water partition coefficient (Wildman–Crippen LogP) is 4.06. The maximum Gasteiger partial charge on any atom is 0.490 e. The zero-order valence-electron chi connectivity index (χ0n) is 24.6. The molecular weight excluding hydrogens is 604 g/mol. The third-order valence-electron chi connectivity index (χ3n) is 6.81. The Hall–Kier alpha value is -4.02. The average Bonchev–Trinajstić information content (AvgIpc) is 2.92. The Kier molecular flexibility index (Phi) is 11.3. The van der Waals surface area contributed by atoms with Gasteiger partial charge in [-0.15, -0.1) is 0 Å². The molecule has 0 radical (unpaired) electrons. The summed E-state index contributed by atoms with van der Waals surface area (Å²) in [5.41, 5.74) is 2.45. The van der Waals surface area contributed by atoms with Gasteiger partial charge < -0.3 is 19.8 Å². The second-order valence-electron chi connectivity index (χ2n) is 11.2. The Morgan fingerprint density at radius 1 is 1.00 bits per heavy atom. The summed E-state index contributed by atoms with van der Waals surface area (Å²) in [6.07, 6.45) is -4.75. The summed E-state index contributed by atoms with van der Waals surface area (Å²) in [7, 11) is 3.55. The highest BCUT2D eigenvalue weighted by Crippen LogP contribution is 2.41. The molecule has 0 aromatic carbocycles. The van der Waals surface area contributed by atoms with E-state index in [9.17, 15) is 31.1 Å². The summed E-state index contributed by atoms with van der Waals surface area (Å²) < 4.78 is 68.9. The number of pyridine rings is 1. The zero-order chi connectivity index (χ0) is 33.7. The molecule has 4 heterocycles. The quantitative estimate of drug-likeness (QED) is 0.473. The topological polar surface area (TPSA) is 146 Å². The number of hydrogen-bond donors (Lipinski definition) is 2. The van der Waals surface area contributed by atoms with Crippen LogP contribution in [0.2, 0.25) is 0 Å². The second-order valence-corrected chi connectivity index (χ2v) is 11.2. The van der Waals surface area contributed by atoms with Crippen LogP contribution >= 0.6 is 0 Å². The number of piperidine rings is 1. The number of methoxy groups -OCH3 is 1. The van der Waals surface area contributed by atoms with Crippen molar-refractivity contribution in [3.8, 4) is 5.88 Å². The van der Waals surface area contributed by atoms with Crippen LogP contribution in [0, 0.1) is 0 Å². The average molecular weight is 638 g/mol. The normalized spacial score (nSPS) is 16.6. The Balaban J connectivity index is 0.000000402. The number of carboxylic acid groups (broad SMARTS) is 2. The van der Waals surface area contributed by atoms with E-state index >= 15 is 0 Å². The first-order valence-electron chi connectivity index (χ1n) is 13.1. The standard InChI is InChI=1S/C23H31N5O2.2C2HF3O2/c1-22(2,3)21-25-13-17-18(26-21)23(15-27(4)20(17)29)8-11-28(12-9-23)14-16-7-6-10-24-19(16)30-5;2*3-2(4,5)1(6)7/h6-7,10,13H,8-9,11-12,14-15H2,1-5H3;2*(H,6,7). The number of aromatic nitrogens is 3. The van der Waals surface area contributed by atoms with Gasteiger partial charge in [-0.1, -0.05) is 26.8 Å². The molecule has 0 bridgehead atoms. The van der Waals surface area contributed by atoms with E-state index in [1.807, 2.05) is 18.0 Å². The number of amides is 1. The van der Waals surface area contributed by atoms with Crippen LogP contribution in [0.4, 0.5) is 26.3 Å². The maximum absolute atomic E-state index is 12.8. The van der Waals surface area contributed by atoms with Gasteiger partial charge in [-0.25, -0.2) is 24.5 Å². The molecule has 0 saturated carbocycles. The predicted molar refractivity (Wildman–Crippen MR) is 142 cm³/mol. The maximum atomic E-state index is 12.8. The first-order chi connectivity index (χ1) is 20.1. The lowest BCUT2D eigenvalue weighted by Crippen LogP contribution is -2.54. The molecule has 11 nitrogen and oxygen atoms in total. The third kappa shape index (κ3) is 9.24. The van der Waals surface area contributed by atoms with Crippen LogP contribution in [0.15, 0.2) is 24.5 Å².